The highest BCUT2D eigenvalue weighted by atomic mass is 35.5. The van der Waals surface area contributed by atoms with Gasteiger partial charge in [-0.2, -0.15) is 5.10 Å². The summed E-state index contributed by atoms with van der Waals surface area (Å²) in [4.78, 5) is 22.3. The quantitative estimate of drug-likeness (QED) is 0.628. The molecule has 0 saturated carbocycles. The van der Waals surface area contributed by atoms with Crippen molar-refractivity contribution in [2.75, 3.05) is 6.61 Å². The molecule has 0 aliphatic rings. The van der Waals surface area contributed by atoms with Crippen molar-refractivity contribution in [2.45, 2.75) is 0 Å². The van der Waals surface area contributed by atoms with Crippen LogP contribution in [0, 0.1) is 0 Å². The van der Waals surface area contributed by atoms with Gasteiger partial charge in [0.2, 0.25) is 0 Å². The molecule has 2 aromatic rings. The first kappa shape index (κ1) is 16.5. The minimum absolute atomic E-state index is 0.365. The Labute approximate surface area is 137 Å². The average molecular weight is 333 g/mol. The molecule has 0 spiro atoms. The van der Waals surface area contributed by atoms with Gasteiger partial charge in [-0.25, -0.2) is 10.2 Å². The summed E-state index contributed by atoms with van der Waals surface area (Å²) in [5.41, 5.74) is 3.48. The van der Waals surface area contributed by atoms with Gasteiger partial charge in [0.1, 0.15) is 5.75 Å². The third-order valence-electron chi connectivity index (χ3n) is 2.71. The summed E-state index contributed by atoms with van der Waals surface area (Å²) < 4.78 is 5.05. The maximum atomic E-state index is 11.8. The van der Waals surface area contributed by atoms with E-state index in [0.29, 0.717) is 21.9 Å². The molecule has 2 rings (SSSR count). The van der Waals surface area contributed by atoms with Gasteiger partial charge < -0.3 is 9.84 Å². The minimum Gasteiger partial charge on any atom is -0.482 e. The topological polar surface area (TPSA) is 88.0 Å². The van der Waals surface area contributed by atoms with Crippen molar-refractivity contribution in [3.63, 3.8) is 0 Å². The highest BCUT2D eigenvalue weighted by Gasteiger charge is 2.03. The number of amides is 1. The Balaban J connectivity index is 1.94. The molecule has 118 valence electrons. The summed E-state index contributed by atoms with van der Waals surface area (Å²) in [6, 6.07) is 13.1. The van der Waals surface area contributed by atoms with Gasteiger partial charge in [0.25, 0.3) is 5.91 Å². The Morgan fingerprint density at radius 2 is 1.96 bits per heavy atom. The molecule has 0 aromatic heterocycles. The Bertz CT molecular complexity index is 729. The number of carbonyl (C=O) groups is 2. The van der Waals surface area contributed by atoms with Crippen LogP contribution in [0.4, 0.5) is 0 Å². The van der Waals surface area contributed by atoms with Crippen molar-refractivity contribution in [3.8, 4) is 5.75 Å². The lowest BCUT2D eigenvalue weighted by molar-refractivity contribution is -0.139. The molecule has 7 heteroatoms. The molecule has 0 heterocycles. The van der Waals surface area contributed by atoms with Crippen LogP contribution in [0.25, 0.3) is 0 Å². The van der Waals surface area contributed by atoms with Gasteiger partial charge in [-0.3, -0.25) is 4.79 Å². The van der Waals surface area contributed by atoms with Gasteiger partial charge >= 0.3 is 5.97 Å². The zero-order chi connectivity index (χ0) is 16.7. The van der Waals surface area contributed by atoms with Crippen molar-refractivity contribution < 1.29 is 19.4 Å². The molecule has 2 N–H and O–H groups in total. The second kappa shape index (κ2) is 7.95. The number of carboxylic acids is 1. The normalized spacial score (nSPS) is 10.5. The van der Waals surface area contributed by atoms with Gasteiger partial charge in [0.05, 0.1) is 6.21 Å². The molecule has 0 aliphatic carbocycles. The first-order valence-electron chi connectivity index (χ1n) is 6.58. The maximum absolute atomic E-state index is 11.8. The molecule has 0 unspecified atom stereocenters. The molecule has 1 amide bonds. The molecular formula is C16H13ClN2O4. The van der Waals surface area contributed by atoms with Crippen LogP contribution in [0.1, 0.15) is 15.9 Å². The zero-order valence-corrected chi connectivity index (χ0v) is 12.7. The number of nitrogens with zero attached hydrogens (tertiary/aromatic N) is 1. The molecule has 23 heavy (non-hydrogen) atoms. The number of benzene rings is 2. The number of halogens is 1. The fraction of sp³-hybridized carbons (Fsp3) is 0.0625. The molecule has 6 nitrogen and oxygen atoms in total. The minimum atomic E-state index is -1.06. The number of ether oxygens (including phenoxy) is 1. The van der Waals surface area contributed by atoms with E-state index in [4.69, 9.17) is 21.4 Å². The van der Waals surface area contributed by atoms with Gasteiger partial charge in [-0.1, -0.05) is 23.7 Å². The van der Waals surface area contributed by atoms with E-state index in [1.807, 2.05) is 0 Å². The van der Waals surface area contributed by atoms with Gasteiger partial charge in [0.15, 0.2) is 6.61 Å². The van der Waals surface area contributed by atoms with Crippen LogP contribution >= 0.6 is 11.6 Å². The van der Waals surface area contributed by atoms with Crippen LogP contribution in [-0.4, -0.2) is 29.8 Å². The fourth-order valence-electron chi connectivity index (χ4n) is 1.66. The summed E-state index contributed by atoms with van der Waals surface area (Å²) in [7, 11) is 0. The molecule has 0 bridgehead atoms. The molecular weight excluding hydrogens is 320 g/mol. The maximum Gasteiger partial charge on any atom is 0.341 e. The third kappa shape index (κ3) is 5.44. The Kier molecular flexibility index (Phi) is 5.71. The summed E-state index contributed by atoms with van der Waals surface area (Å²) in [6.45, 7) is -0.423. The standard InChI is InChI=1S/C16H13ClN2O4/c17-13-6-4-12(5-7-13)16(22)19-18-9-11-2-1-3-14(8-11)23-10-15(20)21/h1-9H,10H2,(H,19,22)(H,20,21)/b18-9-. The molecule has 0 fully saturated rings. The number of carbonyl (C=O) groups excluding carboxylic acids is 1. The number of hydrogen-bond donors (Lipinski definition) is 2. The van der Waals surface area contributed by atoms with Crippen molar-refractivity contribution in [1.82, 2.24) is 5.43 Å². The number of hydrogen-bond acceptors (Lipinski definition) is 4. The van der Waals surface area contributed by atoms with Crippen molar-refractivity contribution in [3.05, 3.63) is 64.7 Å². The van der Waals surface area contributed by atoms with Crippen LogP contribution in [0.15, 0.2) is 53.6 Å². The number of aliphatic carboxylic acids is 1. The van der Waals surface area contributed by atoms with E-state index in [1.165, 1.54) is 6.21 Å². The third-order valence-corrected chi connectivity index (χ3v) is 2.96. The lowest BCUT2D eigenvalue weighted by atomic mass is 10.2. The first-order valence-corrected chi connectivity index (χ1v) is 6.96. The summed E-state index contributed by atoms with van der Waals surface area (Å²) >= 11 is 5.75. The van der Waals surface area contributed by atoms with Crippen LogP contribution in [0.2, 0.25) is 5.02 Å². The molecule has 0 aliphatic heterocycles. The fourth-order valence-corrected chi connectivity index (χ4v) is 1.79. The van der Waals surface area contributed by atoms with Crippen molar-refractivity contribution in [1.29, 1.82) is 0 Å². The Hall–Kier alpha value is -2.86. The van der Waals surface area contributed by atoms with E-state index < -0.39 is 12.6 Å². The summed E-state index contributed by atoms with van der Waals surface area (Å²) in [5, 5.41) is 13.0. The zero-order valence-electron chi connectivity index (χ0n) is 11.9. The summed E-state index contributed by atoms with van der Waals surface area (Å²) in [6.07, 6.45) is 1.43. The second-order valence-electron chi connectivity index (χ2n) is 4.46. The monoisotopic (exact) mass is 332 g/mol. The molecule has 0 saturated heterocycles. The Morgan fingerprint density at radius 3 is 2.65 bits per heavy atom. The SMILES string of the molecule is O=C(O)COc1cccc(/C=N\NC(=O)c2ccc(Cl)cc2)c1. The van der Waals surface area contributed by atoms with Crippen molar-refractivity contribution >= 4 is 29.7 Å². The van der Waals surface area contributed by atoms with E-state index >= 15 is 0 Å². The summed E-state index contributed by atoms with van der Waals surface area (Å²) in [5.74, 6) is -1.02. The smallest absolute Gasteiger partial charge is 0.341 e. The predicted octanol–water partition coefficient (Wildman–Crippen LogP) is 2.57. The van der Waals surface area contributed by atoms with E-state index in [-0.39, 0.29) is 5.91 Å². The van der Waals surface area contributed by atoms with Crippen LogP contribution < -0.4 is 10.2 Å². The van der Waals surface area contributed by atoms with Gasteiger partial charge in [0, 0.05) is 10.6 Å². The van der Waals surface area contributed by atoms with Gasteiger partial charge in [-0.05, 0) is 42.0 Å². The van der Waals surface area contributed by atoms with E-state index in [9.17, 15) is 9.59 Å². The largest absolute Gasteiger partial charge is 0.482 e. The highest BCUT2D eigenvalue weighted by molar-refractivity contribution is 6.30. The number of rotatable bonds is 6. The lowest BCUT2D eigenvalue weighted by Crippen LogP contribution is -2.17. The second-order valence-corrected chi connectivity index (χ2v) is 4.90. The Morgan fingerprint density at radius 1 is 1.22 bits per heavy atom. The molecule has 0 atom stereocenters. The number of hydrazone groups is 1. The van der Waals surface area contributed by atoms with Crippen LogP contribution in [0.5, 0.6) is 5.75 Å². The predicted molar refractivity (Wildman–Crippen MR) is 86.1 cm³/mol. The first-order chi connectivity index (χ1) is 11.0. The van der Waals surface area contributed by atoms with Gasteiger partial charge in [-0.15, -0.1) is 0 Å². The highest BCUT2D eigenvalue weighted by Crippen LogP contribution is 2.12. The van der Waals surface area contributed by atoms with E-state index in [0.717, 1.165) is 0 Å². The molecule has 2 aromatic carbocycles. The number of carboxylic acid groups (broad SMARTS) is 1. The van der Waals surface area contributed by atoms with Crippen molar-refractivity contribution in [2.24, 2.45) is 5.10 Å². The number of nitrogens with one attached hydrogen (secondary N) is 1. The van der Waals surface area contributed by atoms with Crippen LogP contribution in [0.3, 0.4) is 0 Å². The molecule has 0 radical (unpaired) electrons. The lowest BCUT2D eigenvalue weighted by Gasteiger charge is -2.03. The van der Waals surface area contributed by atoms with E-state index in [1.54, 1.807) is 48.5 Å². The van der Waals surface area contributed by atoms with Crippen LogP contribution in [-0.2, 0) is 4.79 Å². The average Bonchev–Trinajstić information content (AvgIpc) is 2.54. The van der Waals surface area contributed by atoms with E-state index in [2.05, 4.69) is 10.5 Å².